The summed E-state index contributed by atoms with van der Waals surface area (Å²) in [5.41, 5.74) is 0. The standard InChI is InChI=1S/C56H108O17P2/c1-6-10-13-16-18-20-22-24-30-35-40-54(59)67-46-52(73-56(61)42-37-32-27-26-29-33-38-49(5)9-4)48-71-75(64,65)69-44-50(57)43-68-74(62,63)70-47-51(45-66-53(58)39-34-28-15-12-8-3)72-55(60)41-36-31-25-23-21-19-17-14-11-7-2/h49-52,57H,6-48H2,1-5H3,(H,62,63)(H,64,65)/t49?,50-,51+,52+/m0/s1. The molecule has 0 aromatic heterocycles. The molecule has 6 atom stereocenters. The molecular formula is C56H108O17P2. The Morgan fingerprint density at radius 1 is 0.373 bits per heavy atom. The van der Waals surface area contributed by atoms with Crippen LogP contribution >= 0.6 is 15.6 Å². The van der Waals surface area contributed by atoms with Crippen LogP contribution in [0.4, 0.5) is 0 Å². The topological polar surface area (TPSA) is 237 Å². The molecule has 444 valence electrons. The molecular weight excluding hydrogens is 1010 g/mol. The average molecular weight is 1120 g/mol. The van der Waals surface area contributed by atoms with Crippen LogP contribution < -0.4 is 0 Å². The van der Waals surface area contributed by atoms with Crippen molar-refractivity contribution in [2.75, 3.05) is 39.6 Å². The molecule has 0 aromatic rings. The summed E-state index contributed by atoms with van der Waals surface area (Å²) in [5, 5.41) is 10.5. The van der Waals surface area contributed by atoms with E-state index in [1.165, 1.54) is 89.9 Å². The van der Waals surface area contributed by atoms with Crippen LogP contribution in [0.5, 0.6) is 0 Å². The van der Waals surface area contributed by atoms with Gasteiger partial charge in [-0.2, -0.15) is 0 Å². The molecule has 3 unspecified atom stereocenters. The average Bonchev–Trinajstić information content (AvgIpc) is 3.38. The first-order chi connectivity index (χ1) is 36.1. The van der Waals surface area contributed by atoms with Crippen molar-refractivity contribution in [2.24, 2.45) is 5.92 Å². The lowest BCUT2D eigenvalue weighted by Gasteiger charge is -2.21. The number of unbranched alkanes of at least 4 members (excludes halogenated alkanes) is 27. The number of phosphoric ester groups is 2. The Morgan fingerprint density at radius 2 is 0.640 bits per heavy atom. The van der Waals surface area contributed by atoms with E-state index < -0.39 is 97.5 Å². The van der Waals surface area contributed by atoms with Gasteiger partial charge in [-0.05, 0) is 31.6 Å². The lowest BCUT2D eigenvalue weighted by Crippen LogP contribution is -2.30. The molecule has 0 rings (SSSR count). The zero-order valence-corrected chi connectivity index (χ0v) is 49.5. The van der Waals surface area contributed by atoms with Crippen LogP contribution in [0.1, 0.15) is 272 Å². The minimum Gasteiger partial charge on any atom is -0.462 e. The maximum atomic E-state index is 12.9. The van der Waals surface area contributed by atoms with Crippen LogP contribution in [0.25, 0.3) is 0 Å². The van der Waals surface area contributed by atoms with Gasteiger partial charge < -0.3 is 33.8 Å². The van der Waals surface area contributed by atoms with Gasteiger partial charge in [0.2, 0.25) is 0 Å². The van der Waals surface area contributed by atoms with Crippen molar-refractivity contribution in [1.82, 2.24) is 0 Å². The maximum Gasteiger partial charge on any atom is 0.472 e. The third kappa shape index (κ3) is 50.1. The number of aliphatic hydroxyl groups is 1. The molecule has 0 spiro atoms. The van der Waals surface area contributed by atoms with Crippen LogP contribution in [-0.2, 0) is 65.4 Å². The molecule has 0 radical (unpaired) electrons. The number of rotatable bonds is 56. The number of ether oxygens (including phenoxy) is 4. The highest BCUT2D eigenvalue weighted by Crippen LogP contribution is 2.45. The smallest absolute Gasteiger partial charge is 0.462 e. The summed E-state index contributed by atoms with van der Waals surface area (Å²) in [4.78, 5) is 71.5. The fraction of sp³-hybridized carbons (Fsp3) is 0.929. The molecule has 0 bridgehead atoms. The molecule has 0 saturated carbocycles. The highest BCUT2D eigenvalue weighted by Gasteiger charge is 2.30. The zero-order chi connectivity index (χ0) is 55.7. The minimum absolute atomic E-state index is 0.103. The van der Waals surface area contributed by atoms with Gasteiger partial charge in [0.1, 0.15) is 19.3 Å². The molecule has 19 heteroatoms. The fourth-order valence-electron chi connectivity index (χ4n) is 8.14. The Labute approximate surface area is 454 Å². The van der Waals surface area contributed by atoms with Gasteiger partial charge >= 0.3 is 39.5 Å². The molecule has 0 saturated heterocycles. The van der Waals surface area contributed by atoms with E-state index in [1.807, 2.05) is 0 Å². The van der Waals surface area contributed by atoms with Gasteiger partial charge in [0, 0.05) is 25.7 Å². The van der Waals surface area contributed by atoms with Crippen molar-refractivity contribution >= 4 is 39.5 Å². The molecule has 0 aliphatic rings. The second kappa shape index (κ2) is 50.3. The largest absolute Gasteiger partial charge is 0.472 e. The first kappa shape index (κ1) is 73.1. The van der Waals surface area contributed by atoms with Crippen molar-refractivity contribution in [3.63, 3.8) is 0 Å². The van der Waals surface area contributed by atoms with E-state index in [2.05, 4.69) is 34.6 Å². The number of carbonyl (C=O) groups excluding carboxylic acids is 4. The molecule has 0 aliphatic carbocycles. The fourth-order valence-corrected chi connectivity index (χ4v) is 9.71. The van der Waals surface area contributed by atoms with Crippen LogP contribution in [-0.4, -0.2) is 96.7 Å². The van der Waals surface area contributed by atoms with E-state index >= 15 is 0 Å². The molecule has 0 heterocycles. The predicted octanol–water partition coefficient (Wildman–Crippen LogP) is 14.7. The minimum atomic E-state index is -4.93. The third-order valence-electron chi connectivity index (χ3n) is 13.1. The number of hydrogen-bond acceptors (Lipinski definition) is 15. The SMILES string of the molecule is CCCCCCCCCCCCC(=O)OC[C@H](COP(=O)(O)OC[C@@H](O)COP(=O)(O)OC[C@@H](COC(=O)CCCCCCC)OC(=O)CCCCCCCCCCCC)OC(=O)CCCCCCCCC(C)CC. The van der Waals surface area contributed by atoms with E-state index in [0.29, 0.717) is 25.7 Å². The van der Waals surface area contributed by atoms with Crippen molar-refractivity contribution in [3.8, 4) is 0 Å². The molecule has 0 fully saturated rings. The van der Waals surface area contributed by atoms with E-state index in [1.54, 1.807) is 0 Å². The Kier molecular flexibility index (Phi) is 49.0. The molecule has 0 aliphatic heterocycles. The van der Waals surface area contributed by atoms with Gasteiger partial charge in [0.25, 0.3) is 0 Å². The van der Waals surface area contributed by atoms with Crippen molar-refractivity contribution < 1.29 is 80.2 Å². The van der Waals surface area contributed by atoms with Gasteiger partial charge in [-0.25, -0.2) is 9.13 Å². The first-order valence-corrected chi connectivity index (χ1v) is 32.7. The maximum absolute atomic E-state index is 12.9. The molecule has 17 nitrogen and oxygen atoms in total. The summed E-state index contributed by atoms with van der Waals surface area (Å²) in [7, 11) is -9.86. The molecule has 75 heavy (non-hydrogen) atoms. The molecule has 0 aromatic carbocycles. The molecule has 3 N–H and O–H groups in total. The van der Waals surface area contributed by atoms with Gasteiger partial charge in [-0.1, -0.05) is 221 Å². The van der Waals surface area contributed by atoms with Crippen LogP contribution in [0, 0.1) is 5.92 Å². The lowest BCUT2D eigenvalue weighted by atomic mass is 10.00. The van der Waals surface area contributed by atoms with Gasteiger partial charge in [-0.15, -0.1) is 0 Å². The van der Waals surface area contributed by atoms with Crippen LogP contribution in [0.15, 0.2) is 0 Å². The number of phosphoric acid groups is 2. The normalized spacial score (nSPS) is 14.8. The summed E-state index contributed by atoms with van der Waals surface area (Å²) in [6.07, 6.45) is 31.0. The van der Waals surface area contributed by atoms with Gasteiger partial charge in [0.15, 0.2) is 12.2 Å². The second-order valence-corrected chi connectivity index (χ2v) is 23.5. The van der Waals surface area contributed by atoms with Crippen LogP contribution in [0.3, 0.4) is 0 Å². The third-order valence-corrected chi connectivity index (χ3v) is 15.0. The summed E-state index contributed by atoms with van der Waals surface area (Å²) in [6.45, 7) is 6.98. The van der Waals surface area contributed by atoms with Gasteiger partial charge in [0.05, 0.1) is 26.4 Å². The van der Waals surface area contributed by atoms with Crippen molar-refractivity contribution in [2.45, 2.75) is 291 Å². The number of esters is 4. The summed E-state index contributed by atoms with van der Waals surface area (Å²) >= 11 is 0. The quantitative estimate of drug-likeness (QED) is 0.0222. The van der Waals surface area contributed by atoms with Crippen molar-refractivity contribution in [1.29, 1.82) is 0 Å². The Bertz CT molecular complexity index is 1490. The monoisotopic (exact) mass is 1110 g/mol. The van der Waals surface area contributed by atoms with E-state index in [4.69, 9.17) is 37.0 Å². The Balaban J connectivity index is 5.19. The number of hydrogen-bond donors (Lipinski definition) is 3. The second-order valence-electron chi connectivity index (χ2n) is 20.6. The Morgan fingerprint density at radius 3 is 0.947 bits per heavy atom. The zero-order valence-electron chi connectivity index (χ0n) is 47.7. The number of carbonyl (C=O) groups is 4. The van der Waals surface area contributed by atoms with Crippen LogP contribution in [0.2, 0.25) is 0 Å². The van der Waals surface area contributed by atoms with Gasteiger partial charge in [-0.3, -0.25) is 37.3 Å². The lowest BCUT2D eigenvalue weighted by molar-refractivity contribution is -0.161. The molecule has 0 amide bonds. The first-order valence-electron chi connectivity index (χ1n) is 29.7. The van der Waals surface area contributed by atoms with Crippen molar-refractivity contribution in [3.05, 3.63) is 0 Å². The summed E-state index contributed by atoms with van der Waals surface area (Å²) in [5.74, 6) is -1.44. The number of aliphatic hydroxyl groups excluding tert-OH is 1. The highest BCUT2D eigenvalue weighted by molar-refractivity contribution is 7.47. The van der Waals surface area contributed by atoms with E-state index in [0.717, 1.165) is 102 Å². The summed E-state index contributed by atoms with van der Waals surface area (Å²) in [6, 6.07) is 0. The highest BCUT2D eigenvalue weighted by atomic mass is 31.2. The van der Waals surface area contributed by atoms with E-state index in [-0.39, 0.29) is 25.7 Å². The van der Waals surface area contributed by atoms with E-state index in [9.17, 15) is 43.2 Å². The summed E-state index contributed by atoms with van der Waals surface area (Å²) < 4.78 is 67.4. The predicted molar refractivity (Wildman–Crippen MR) is 294 cm³/mol. The Hall–Kier alpha value is -1.94.